The largest absolute Gasteiger partial charge is 0.369 e. The molecule has 4 nitrogen and oxygen atoms in total. The van der Waals surface area contributed by atoms with Gasteiger partial charge in [-0.2, -0.15) is 0 Å². The van der Waals surface area contributed by atoms with E-state index in [1.807, 2.05) is 19.1 Å². The number of para-hydroxylation sites is 1. The van der Waals surface area contributed by atoms with Gasteiger partial charge in [0.05, 0.1) is 16.3 Å². The highest BCUT2D eigenvalue weighted by atomic mass is 32.2. The molecule has 0 atom stereocenters. The molecule has 0 fully saturated rings. The van der Waals surface area contributed by atoms with E-state index in [0.717, 1.165) is 25.3 Å². The number of sulfone groups is 1. The van der Waals surface area contributed by atoms with Crippen LogP contribution in [0.5, 0.6) is 0 Å². The van der Waals surface area contributed by atoms with Gasteiger partial charge in [-0.05, 0) is 19.1 Å². The van der Waals surface area contributed by atoms with Gasteiger partial charge in [-0.25, -0.2) is 8.42 Å². The van der Waals surface area contributed by atoms with E-state index in [1.165, 1.54) is 0 Å². The summed E-state index contributed by atoms with van der Waals surface area (Å²) in [4.78, 5) is 2.55. The summed E-state index contributed by atoms with van der Waals surface area (Å²) in [5.41, 5.74) is 0.808. The molecule has 0 aliphatic rings. The van der Waals surface area contributed by atoms with Crippen LogP contribution in [0.3, 0.4) is 0 Å². The molecule has 1 aromatic rings. The molecule has 0 amide bonds. The Morgan fingerprint density at radius 1 is 1.20 bits per heavy atom. The molecule has 0 aromatic heterocycles. The van der Waals surface area contributed by atoms with Crippen LogP contribution < -0.4 is 10.2 Å². The number of nitrogens with zero attached hydrogens (tertiary/aromatic N) is 1. The van der Waals surface area contributed by atoms with Gasteiger partial charge in [0.15, 0.2) is 9.84 Å². The van der Waals surface area contributed by atoms with Crippen molar-refractivity contribution in [3.8, 4) is 0 Å². The van der Waals surface area contributed by atoms with Crippen LogP contribution in [0.2, 0.25) is 0 Å². The number of hydrogen-bond acceptors (Lipinski definition) is 4. The molecule has 1 rings (SSSR count). The molecule has 0 bridgehead atoms. The van der Waals surface area contributed by atoms with E-state index < -0.39 is 9.84 Å². The van der Waals surface area contributed by atoms with Crippen molar-refractivity contribution in [2.75, 3.05) is 30.3 Å². The van der Waals surface area contributed by atoms with Crippen molar-refractivity contribution in [3.05, 3.63) is 24.3 Å². The third-order valence-corrected chi connectivity index (χ3v) is 5.01. The molecule has 0 heterocycles. The quantitative estimate of drug-likeness (QED) is 0.800. The SMILES string of the molecule is CCN(CCNC(C)C)c1ccccc1S(=O)(=O)CC. The third-order valence-electron chi connectivity index (χ3n) is 3.24. The second-order valence-corrected chi connectivity index (χ2v) is 7.31. The lowest BCUT2D eigenvalue weighted by Crippen LogP contribution is -2.35. The Bertz CT molecular complexity index is 512. The fourth-order valence-electron chi connectivity index (χ4n) is 2.07. The number of rotatable bonds is 8. The summed E-state index contributed by atoms with van der Waals surface area (Å²) in [6.07, 6.45) is 0. The minimum atomic E-state index is -3.19. The lowest BCUT2D eigenvalue weighted by atomic mass is 10.2. The monoisotopic (exact) mass is 298 g/mol. The van der Waals surface area contributed by atoms with E-state index in [2.05, 4.69) is 24.1 Å². The van der Waals surface area contributed by atoms with Crippen LogP contribution in [-0.2, 0) is 9.84 Å². The molecular weight excluding hydrogens is 272 g/mol. The Labute approximate surface area is 123 Å². The van der Waals surface area contributed by atoms with Gasteiger partial charge in [-0.3, -0.25) is 0 Å². The summed E-state index contributed by atoms with van der Waals surface area (Å²) in [5, 5.41) is 3.36. The number of likely N-dealkylation sites (N-methyl/N-ethyl adjacent to an activating group) is 1. The Kier molecular flexibility index (Phi) is 6.49. The number of nitrogens with one attached hydrogen (secondary N) is 1. The first-order chi connectivity index (χ1) is 9.42. The van der Waals surface area contributed by atoms with Gasteiger partial charge in [-0.15, -0.1) is 0 Å². The first-order valence-electron chi connectivity index (χ1n) is 7.22. The van der Waals surface area contributed by atoms with Crippen LogP contribution >= 0.6 is 0 Å². The standard InChI is InChI=1S/C15H26N2O2S/c1-5-17(12-11-16-13(3)4)14-9-7-8-10-15(14)20(18,19)6-2/h7-10,13,16H,5-6,11-12H2,1-4H3. The predicted octanol–water partition coefficient (Wildman–Crippen LogP) is 2.30. The summed E-state index contributed by atoms with van der Waals surface area (Å²) in [5.74, 6) is 0.131. The van der Waals surface area contributed by atoms with E-state index >= 15 is 0 Å². The van der Waals surface area contributed by atoms with Gasteiger partial charge < -0.3 is 10.2 Å². The molecule has 0 radical (unpaired) electrons. The van der Waals surface area contributed by atoms with Crippen molar-refractivity contribution in [2.45, 2.75) is 38.6 Å². The molecule has 0 saturated carbocycles. The molecule has 1 aromatic carbocycles. The van der Waals surface area contributed by atoms with Crippen molar-refractivity contribution >= 4 is 15.5 Å². The van der Waals surface area contributed by atoms with Crippen LogP contribution in [0.4, 0.5) is 5.69 Å². The zero-order valence-electron chi connectivity index (χ0n) is 12.9. The van der Waals surface area contributed by atoms with E-state index in [4.69, 9.17) is 0 Å². The Morgan fingerprint density at radius 2 is 1.85 bits per heavy atom. The number of hydrogen-bond donors (Lipinski definition) is 1. The summed E-state index contributed by atoms with van der Waals surface area (Å²) < 4.78 is 24.4. The average Bonchev–Trinajstić information content (AvgIpc) is 2.43. The molecule has 5 heteroatoms. The summed E-state index contributed by atoms with van der Waals surface area (Å²) in [6.45, 7) is 10.4. The van der Waals surface area contributed by atoms with E-state index in [1.54, 1.807) is 19.1 Å². The topological polar surface area (TPSA) is 49.4 Å². The van der Waals surface area contributed by atoms with Crippen molar-refractivity contribution in [3.63, 3.8) is 0 Å². The van der Waals surface area contributed by atoms with Gasteiger partial charge in [0.2, 0.25) is 0 Å². The Morgan fingerprint density at radius 3 is 2.40 bits per heavy atom. The van der Waals surface area contributed by atoms with Crippen molar-refractivity contribution in [1.82, 2.24) is 5.32 Å². The number of benzene rings is 1. The van der Waals surface area contributed by atoms with Crippen molar-refractivity contribution in [2.24, 2.45) is 0 Å². The highest BCUT2D eigenvalue weighted by Gasteiger charge is 2.19. The maximum absolute atomic E-state index is 12.2. The molecule has 0 aliphatic carbocycles. The zero-order chi connectivity index (χ0) is 15.2. The highest BCUT2D eigenvalue weighted by Crippen LogP contribution is 2.25. The van der Waals surface area contributed by atoms with Gasteiger partial charge in [0, 0.05) is 25.7 Å². The lowest BCUT2D eigenvalue weighted by Gasteiger charge is -2.26. The third kappa shape index (κ3) is 4.49. The molecule has 0 aliphatic heterocycles. The summed E-state index contributed by atoms with van der Waals surface area (Å²) in [6, 6.07) is 7.70. The fourth-order valence-corrected chi connectivity index (χ4v) is 3.19. The van der Waals surface area contributed by atoms with Crippen LogP contribution in [0.1, 0.15) is 27.7 Å². The molecule has 0 unspecified atom stereocenters. The second kappa shape index (κ2) is 7.64. The second-order valence-electron chi connectivity index (χ2n) is 5.06. The van der Waals surface area contributed by atoms with Crippen LogP contribution in [0, 0.1) is 0 Å². The van der Waals surface area contributed by atoms with Gasteiger partial charge in [0.25, 0.3) is 0 Å². The zero-order valence-corrected chi connectivity index (χ0v) is 13.7. The van der Waals surface area contributed by atoms with Gasteiger partial charge in [-0.1, -0.05) is 32.9 Å². The average molecular weight is 298 g/mol. The molecular formula is C15H26N2O2S. The van der Waals surface area contributed by atoms with E-state index in [-0.39, 0.29) is 5.75 Å². The van der Waals surface area contributed by atoms with Gasteiger partial charge >= 0.3 is 0 Å². The highest BCUT2D eigenvalue weighted by molar-refractivity contribution is 7.91. The molecule has 0 spiro atoms. The minimum Gasteiger partial charge on any atom is -0.369 e. The molecule has 0 saturated heterocycles. The predicted molar refractivity (Wildman–Crippen MR) is 85.2 cm³/mol. The molecule has 20 heavy (non-hydrogen) atoms. The van der Waals surface area contributed by atoms with Crippen LogP contribution in [-0.4, -0.2) is 39.8 Å². The first kappa shape index (κ1) is 17.0. The van der Waals surface area contributed by atoms with Crippen molar-refractivity contribution < 1.29 is 8.42 Å². The lowest BCUT2D eigenvalue weighted by molar-refractivity contribution is 0.580. The van der Waals surface area contributed by atoms with E-state index in [9.17, 15) is 8.42 Å². The minimum absolute atomic E-state index is 0.131. The molecule has 114 valence electrons. The van der Waals surface area contributed by atoms with Crippen LogP contribution in [0.15, 0.2) is 29.2 Å². The first-order valence-corrected chi connectivity index (χ1v) is 8.87. The van der Waals surface area contributed by atoms with Gasteiger partial charge in [0.1, 0.15) is 0 Å². The smallest absolute Gasteiger partial charge is 0.180 e. The normalized spacial score (nSPS) is 11.8. The van der Waals surface area contributed by atoms with Crippen molar-refractivity contribution in [1.29, 1.82) is 0 Å². The maximum atomic E-state index is 12.2. The summed E-state index contributed by atoms with van der Waals surface area (Å²) >= 11 is 0. The maximum Gasteiger partial charge on any atom is 0.180 e. The number of anilines is 1. The Balaban J connectivity index is 2.98. The fraction of sp³-hybridized carbons (Fsp3) is 0.600. The summed E-state index contributed by atoms with van der Waals surface area (Å²) in [7, 11) is -3.19. The van der Waals surface area contributed by atoms with Crippen LogP contribution in [0.25, 0.3) is 0 Å². The van der Waals surface area contributed by atoms with E-state index in [0.29, 0.717) is 10.9 Å². The molecule has 1 N–H and O–H groups in total. The Hall–Kier alpha value is -1.07.